The van der Waals surface area contributed by atoms with Crippen LogP contribution in [-0.2, 0) is 4.79 Å². The fourth-order valence-corrected chi connectivity index (χ4v) is 2.64. The highest BCUT2D eigenvalue weighted by Gasteiger charge is 2.24. The third-order valence-corrected chi connectivity index (χ3v) is 4.21. The van der Waals surface area contributed by atoms with Crippen LogP contribution >= 0.6 is 0 Å². The molecule has 1 rings (SSSR count). The summed E-state index contributed by atoms with van der Waals surface area (Å²) < 4.78 is 0. The fraction of sp³-hybridized carbons (Fsp3) is 0.833. The van der Waals surface area contributed by atoms with E-state index >= 15 is 0 Å². The third-order valence-electron chi connectivity index (χ3n) is 4.21. The van der Waals surface area contributed by atoms with Gasteiger partial charge in [-0.05, 0) is 19.3 Å². The minimum Gasteiger partial charge on any atom is -0.299 e. The van der Waals surface area contributed by atoms with Crippen LogP contribution in [0.4, 0.5) is 0 Å². The zero-order valence-electron chi connectivity index (χ0n) is 12.8. The summed E-state index contributed by atoms with van der Waals surface area (Å²) >= 11 is 0. The van der Waals surface area contributed by atoms with Crippen molar-refractivity contribution in [2.24, 2.45) is 5.92 Å². The predicted octanol–water partition coefficient (Wildman–Crippen LogP) is 5.83. The maximum atomic E-state index is 11.1. The first-order valence-corrected chi connectivity index (χ1v) is 8.54. The third kappa shape index (κ3) is 8.23. The molecule has 0 N–H and O–H groups in total. The summed E-state index contributed by atoms with van der Waals surface area (Å²) in [6.07, 6.45) is 21.4. The van der Waals surface area contributed by atoms with Gasteiger partial charge in [0.15, 0.2) is 0 Å². The van der Waals surface area contributed by atoms with E-state index in [1.54, 1.807) is 0 Å². The first-order valence-electron chi connectivity index (χ1n) is 8.54. The molecule has 0 aromatic rings. The Kier molecular flexibility index (Phi) is 9.75. The van der Waals surface area contributed by atoms with Gasteiger partial charge in [0.1, 0.15) is 5.78 Å². The van der Waals surface area contributed by atoms with E-state index in [0.29, 0.717) is 5.78 Å². The van der Waals surface area contributed by atoms with E-state index < -0.39 is 0 Å². The van der Waals surface area contributed by atoms with Gasteiger partial charge in [-0.1, -0.05) is 76.9 Å². The molecule has 1 saturated carbocycles. The van der Waals surface area contributed by atoms with Crippen molar-refractivity contribution in [1.82, 2.24) is 0 Å². The Morgan fingerprint density at radius 2 is 1.53 bits per heavy atom. The number of rotatable bonds is 12. The molecule has 0 radical (unpaired) electrons. The summed E-state index contributed by atoms with van der Waals surface area (Å²) in [5, 5.41) is 0. The molecule has 110 valence electrons. The zero-order valence-corrected chi connectivity index (χ0v) is 12.8. The molecule has 1 nitrogen and oxygen atoms in total. The highest BCUT2D eigenvalue weighted by Crippen LogP contribution is 2.23. The van der Waals surface area contributed by atoms with Crippen molar-refractivity contribution in [3.8, 4) is 0 Å². The maximum Gasteiger partial charge on any atom is 0.139 e. The summed E-state index contributed by atoms with van der Waals surface area (Å²) in [5.41, 5.74) is 0. The number of Topliss-reactive ketones (excluding diaryl/α,β-unsaturated/α-hetero) is 1. The molecule has 1 aliphatic carbocycles. The Bertz CT molecular complexity index is 254. The van der Waals surface area contributed by atoms with Crippen molar-refractivity contribution in [2.45, 2.75) is 90.4 Å². The van der Waals surface area contributed by atoms with Crippen LogP contribution in [0.25, 0.3) is 0 Å². The van der Waals surface area contributed by atoms with E-state index in [9.17, 15) is 4.79 Å². The van der Waals surface area contributed by atoms with Crippen LogP contribution in [0.1, 0.15) is 90.4 Å². The Labute approximate surface area is 119 Å². The van der Waals surface area contributed by atoms with Crippen molar-refractivity contribution in [1.29, 1.82) is 0 Å². The number of carbonyl (C=O) groups is 1. The number of hydrogen-bond acceptors (Lipinski definition) is 1. The van der Waals surface area contributed by atoms with Crippen LogP contribution in [-0.4, -0.2) is 5.78 Å². The van der Waals surface area contributed by atoms with Gasteiger partial charge in [0, 0.05) is 12.3 Å². The van der Waals surface area contributed by atoms with Crippen molar-refractivity contribution < 1.29 is 4.79 Å². The van der Waals surface area contributed by atoms with Crippen molar-refractivity contribution in [3.05, 3.63) is 12.2 Å². The molecule has 0 heterocycles. The summed E-state index contributed by atoms with van der Waals surface area (Å²) in [7, 11) is 0. The molecule has 1 fully saturated rings. The lowest BCUT2D eigenvalue weighted by Gasteiger charge is -2.19. The van der Waals surface area contributed by atoms with E-state index in [4.69, 9.17) is 0 Å². The van der Waals surface area contributed by atoms with Crippen LogP contribution in [0.5, 0.6) is 0 Å². The summed E-state index contributed by atoms with van der Waals surface area (Å²) in [6.45, 7) is 2.27. The van der Waals surface area contributed by atoms with Crippen molar-refractivity contribution >= 4 is 5.78 Å². The normalized spacial score (nSPS) is 19.0. The number of unbranched alkanes of at least 4 members (excludes halogenated alkanes) is 10. The molecule has 0 aromatic heterocycles. The Hall–Kier alpha value is -0.590. The summed E-state index contributed by atoms with van der Waals surface area (Å²) in [5.74, 6) is 0.724. The molecule has 0 spiro atoms. The second-order valence-electron chi connectivity index (χ2n) is 6.01. The van der Waals surface area contributed by atoms with Gasteiger partial charge in [0.25, 0.3) is 0 Å². The lowest BCUT2D eigenvalue weighted by molar-refractivity contribution is -0.127. The topological polar surface area (TPSA) is 17.1 Å². The molecule has 1 atom stereocenters. The van der Waals surface area contributed by atoms with Gasteiger partial charge in [0.05, 0.1) is 0 Å². The van der Waals surface area contributed by atoms with E-state index in [-0.39, 0.29) is 5.92 Å². The average molecular weight is 264 g/mol. The first kappa shape index (κ1) is 16.5. The maximum absolute atomic E-state index is 11.1. The van der Waals surface area contributed by atoms with Gasteiger partial charge in [0.2, 0.25) is 0 Å². The van der Waals surface area contributed by atoms with E-state index in [0.717, 1.165) is 12.8 Å². The van der Waals surface area contributed by atoms with Crippen LogP contribution in [0.15, 0.2) is 12.2 Å². The van der Waals surface area contributed by atoms with Gasteiger partial charge in [-0.15, -0.1) is 0 Å². The lowest BCUT2D eigenvalue weighted by atomic mass is 9.83. The van der Waals surface area contributed by atoms with Crippen molar-refractivity contribution in [3.63, 3.8) is 0 Å². The molecular formula is C18H32O. The van der Waals surface area contributed by atoms with Gasteiger partial charge < -0.3 is 0 Å². The molecule has 0 saturated heterocycles. The minimum absolute atomic E-state index is 0.281. The van der Waals surface area contributed by atoms with Gasteiger partial charge in [-0.3, -0.25) is 4.79 Å². The number of hydrogen-bond donors (Lipinski definition) is 0. The Balaban J connectivity index is 1.75. The van der Waals surface area contributed by atoms with E-state index in [2.05, 4.69) is 19.1 Å². The molecular weight excluding hydrogens is 232 g/mol. The predicted molar refractivity (Wildman–Crippen MR) is 83.3 cm³/mol. The molecule has 0 aliphatic heterocycles. The molecule has 1 unspecified atom stereocenters. The highest BCUT2D eigenvalue weighted by molar-refractivity contribution is 5.87. The largest absolute Gasteiger partial charge is 0.299 e. The molecule has 0 amide bonds. The van der Waals surface area contributed by atoms with Gasteiger partial charge in [-0.2, -0.15) is 0 Å². The second kappa shape index (κ2) is 11.3. The SMILES string of the molecule is CCCCCCCCCCCCC=CC1CCC1=O. The van der Waals surface area contributed by atoms with Crippen molar-refractivity contribution in [2.75, 3.05) is 0 Å². The van der Waals surface area contributed by atoms with Crippen LogP contribution in [0, 0.1) is 5.92 Å². The molecule has 0 bridgehead atoms. The fourth-order valence-electron chi connectivity index (χ4n) is 2.64. The first-order chi connectivity index (χ1) is 9.34. The zero-order chi connectivity index (χ0) is 13.8. The monoisotopic (exact) mass is 264 g/mol. The Morgan fingerprint density at radius 3 is 2.00 bits per heavy atom. The van der Waals surface area contributed by atoms with E-state index in [1.807, 2.05) is 0 Å². The van der Waals surface area contributed by atoms with Crippen LogP contribution in [0.3, 0.4) is 0 Å². The smallest absolute Gasteiger partial charge is 0.139 e. The van der Waals surface area contributed by atoms with E-state index in [1.165, 1.54) is 70.6 Å². The molecule has 1 heteroatoms. The summed E-state index contributed by atoms with van der Waals surface area (Å²) in [4.78, 5) is 11.1. The van der Waals surface area contributed by atoms with Crippen LogP contribution < -0.4 is 0 Å². The standard InChI is InChI=1S/C18H32O/c1-2-3-4-5-6-7-8-9-10-11-12-13-14-17-15-16-18(17)19/h13-14,17H,2-12,15-16H2,1H3. The van der Waals surface area contributed by atoms with Gasteiger partial charge >= 0.3 is 0 Å². The number of carbonyl (C=O) groups excluding carboxylic acids is 1. The minimum atomic E-state index is 0.281. The highest BCUT2D eigenvalue weighted by atomic mass is 16.1. The second-order valence-corrected chi connectivity index (χ2v) is 6.01. The number of ketones is 1. The lowest BCUT2D eigenvalue weighted by Crippen LogP contribution is -2.23. The van der Waals surface area contributed by atoms with Crippen LogP contribution in [0.2, 0.25) is 0 Å². The quantitative estimate of drug-likeness (QED) is 0.320. The molecule has 19 heavy (non-hydrogen) atoms. The number of allylic oxidation sites excluding steroid dienone is 2. The van der Waals surface area contributed by atoms with Gasteiger partial charge in [-0.25, -0.2) is 0 Å². The molecule has 0 aromatic carbocycles. The molecule has 1 aliphatic rings. The Morgan fingerprint density at radius 1 is 0.947 bits per heavy atom. The summed E-state index contributed by atoms with van der Waals surface area (Å²) in [6, 6.07) is 0. The average Bonchev–Trinajstić information content (AvgIpc) is 2.42.